The highest BCUT2D eigenvalue weighted by Crippen LogP contribution is 2.18. The number of carbonyl (C=O) groups is 2. The Balaban J connectivity index is 1.27. The van der Waals surface area contributed by atoms with Crippen LogP contribution >= 0.6 is 0 Å². The summed E-state index contributed by atoms with van der Waals surface area (Å²) in [5, 5.41) is 3.00. The number of hydrogen-bond acceptors (Lipinski definition) is 4. The van der Waals surface area contributed by atoms with E-state index in [1.54, 1.807) is 0 Å². The zero-order valence-electron chi connectivity index (χ0n) is 17.6. The summed E-state index contributed by atoms with van der Waals surface area (Å²) >= 11 is 0. The maximum atomic E-state index is 12.5. The lowest BCUT2D eigenvalue weighted by atomic mass is 10.1. The van der Waals surface area contributed by atoms with Gasteiger partial charge in [-0.15, -0.1) is 0 Å². The monoisotopic (exact) mass is 406 g/mol. The zero-order valence-corrected chi connectivity index (χ0v) is 17.6. The van der Waals surface area contributed by atoms with Gasteiger partial charge in [-0.2, -0.15) is 0 Å². The number of amides is 2. The molecule has 2 aliphatic heterocycles. The Kier molecular flexibility index (Phi) is 6.33. The van der Waals surface area contributed by atoms with E-state index >= 15 is 0 Å². The molecule has 6 nitrogen and oxygen atoms in total. The molecule has 2 saturated heterocycles. The molecule has 0 radical (unpaired) electrons. The van der Waals surface area contributed by atoms with Crippen LogP contribution < -0.4 is 10.2 Å². The molecule has 2 amide bonds. The van der Waals surface area contributed by atoms with E-state index in [1.165, 1.54) is 5.69 Å². The number of likely N-dealkylation sites (N-methyl/N-ethyl adjacent to an activating group) is 1. The van der Waals surface area contributed by atoms with Crippen LogP contribution in [0.25, 0.3) is 0 Å². The predicted molar refractivity (Wildman–Crippen MR) is 118 cm³/mol. The van der Waals surface area contributed by atoms with Crippen molar-refractivity contribution in [2.24, 2.45) is 0 Å². The Morgan fingerprint density at radius 1 is 0.900 bits per heavy atom. The van der Waals surface area contributed by atoms with Gasteiger partial charge in [0.05, 0.1) is 0 Å². The zero-order chi connectivity index (χ0) is 20.9. The first kappa shape index (κ1) is 20.4. The third-order valence-electron chi connectivity index (χ3n) is 6.02. The molecule has 2 fully saturated rings. The molecule has 0 bridgehead atoms. The minimum Gasteiger partial charge on any atom is -0.369 e. The van der Waals surface area contributed by atoms with Crippen LogP contribution in [0.4, 0.5) is 5.69 Å². The molecule has 0 unspecified atom stereocenters. The van der Waals surface area contributed by atoms with Crippen LogP contribution in [0.2, 0.25) is 0 Å². The maximum Gasteiger partial charge on any atom is 0.251 e. The quantitative estimate of drug-likeness (QED) is 0.801. The van der Waals surface area contributed by atoms with E-state index < -0.39 is 0 Å². The van der Waals surface area contributed by atoms with Crippen LogP contribution in [0, 0.1) is 0 Å². The van der Waals surface area contributed by atoms with Crippen molar-refractivity contribution in [3.63, 3.8) is 0 Å². The summed E-state index contributed by atoms with van der Waals surface area (Å²) < 4.78 is 0. The van der Waals surface area contributed by atoms with E-state index in [1.807, 2.05) is 29.2 Å². The number of piperazine rings is 1. The van der Waals surface area contributed by atoms with Gasteiger partial charge in [-0.05, 0) is 48.9 Å². The van der Waals surface area contributed by atoms with Crippen molar-refractivity contribution in [2.45, 2.75) is 25.9 Å². The van der Waals surface area contributed by atoms with Gasteiger partial charge in [-0.25, -0.2) is 0 Å². The van der Waals surface area contributed by atoms with E-state index in [0.29, 0.717) is 25.1 Å². The molecule has 6 heteroatoms. The lowest BCUT2D eigenvalue weighted by molar-refractivity contribution is -0.128. The third-order valence-corrected chi connectivity index (χ3v) is 6.02. The topological polar surface area (TPSA) is 55.9 Å². The highest BCUT2D eigenvalue weighted by atomic mass is 16.2. The Hall–Kier alpha value is -2.86. The molecule has 0 aliphatic carbocycles. The Labute approximate surface area is 178 Å². The molecular formula is C24H30N4O2. The van der Waals surface area contributed by atoms with Crippen molar-refractivity contribution in [2.75, 3.05) is 44.7 Å². The lowest BCUT2D eigenvalue weighted by Crippen LogP contribution is -2.44. The summed E-state index contributed by atoms with van der Waals surface area (Å²) in [6.45, 7) is 6.24. The summed E-state index contributed by atoms with van der Waals surface area (Å²) in [4.78, 5) is 30.9. The average Bonchev–Trinajstić information content (AvgIpc) is 3.18. The highest BCUT2D eigenvalue weighted by Gasteiger charge is 2.20. The first-order valence-corrected chi connectivity index (χ1v) is 10.8. The average molecular weight is 407 g/mol. The first-order valence-electron chi connectivity index (χ1n) is 10.8. The summed E-state index contributed by atoms with van der Waals surface area (Å²) in [6, 6.07) is 16.0. The number of carbonyl (C=O) groups excluding carboxylic acids is 2. The number of hydrogen-bond donors (Lipinski definition) is 1. The van der Waals surface area contributed by atoms with Crippen LogP contribution in [0.3, 0.4) is 0 Å². The SMILES string of the molecule is CN1CCN(c2ccc(CNC(=O)c3ccc(CN4CCCC4=O)cc3)cc2)CC1. The van der Waals surface area contributed by atoms with Crippen molar-refractivity contribution in [1.82, 2.24) is 15.1 Å². The van der Waals surface area contributed by atoms with Gasteiger partial charge >= 0.3 is 0 Å². The van der Waals surface area contributed by atoms with Crippen LogP contribution in [0.1, 0.15) is 34.3 Å². The highest BCUT2D eigenvalue weighted by molar-refractivity contribution is 5.94. The fourth-order valence-corrected chi connectivity index (χ4v) is 4.03. The van der Waals surface area contributed by atoms with Crippen molar-refractivity contribution in [3.8, 4) is 0 Å². The number of rotatable bonds is 6. The van der Waals surface area contributed by atoms with Gasteiger partial charge in [-0.1, -0.05) is 24.3 Å². The molecule has 0 aromatic heterocycles. The second-order valence-corrected chi connectivity index (χ2v) is 8.26. The molecule has 158 valence electrons. The van der Waals surface area contributed by atoms with Gasteiger partial charge in [0.1, 0.15) is 0 Å². The molecule has 30 heavy (non-hydrogen) atoms. The van der Waals surface area contributed by atoms with Crippen LogP contribution in [0.5, 0.6) is 0 Å². The van der Waals surface area contributed by atoms with Gasteiger partial charge in [0.15, 0.2) is 0 Å². The van der Waals surface area contributed by atoms with E-state index in [2.05, 4.69) is 46.4 Å². The normalized spacial score (nSPS) is 17.4. The molecular weight excluding hydrogens is 376 g/mol. The van der Waals surface area contributed by atoms with E-state index in [9.17, 15) is 9.59 Å². The largest absolute Gasteiger partial charge is 0.369 e. The second-order valence-electron chi connectivity index (χ2n) is 8.26. The van der Waals surface area contributed by atoms with Crippen molar-refractivity contribution >= 4 is 17.5 Å². The summed E-state index contributed by atoms with van der Waals surface area (Å²) in [6.07, 6.45) is 1.59. The molecule has 0 saturated carbocycles. The fraction of sp³-hybridized carbons (Fsp3) is 0.417. The van der Waals surface area contributed by atoms with E-state index in [0.717, 1.165) is 50.3 Å². The number of anilines is 1. The summed E-state index contributed by atoms with van der Waals surface area (Å²) in [5.41, 5.74) is 4.03. The molecule has 4 rings (SSSR count). The Morgan fingerprint density at radius 3 is 2.20 bits per heavy atom. The number of nitrogens with one attached hydrogen (secondary N) is 1. The standard InChI is InChI=1S/C24H30N4O2/c1-26-13-15-27(16-14-26)22-10-6-19(7-11-22)17-25-24(30)21-8-4-20(5-9-21)18-28-12-2-3-23(28)29/h4-11H,2-3,12-18H2,1H3,(H,25,30). The third kappa shape index (κ3) is 5.00. The minimum absolute atomic E-state index is 0.0815. The Morgan fingerprint density at radius 2 is 1.57 bits per heavy atom. The van der Waals surface area contributed by atoms with Gasteiger partial charge < -0.3 is 20.0 Å². The van der Waals surface area contributed by atoms with Gasteiger partial charge in [-0.3, -0.25) is 9.59 Å². The smallest absolute Gasteiger partial charge is 0.251 e. The predicted octanol–water partition coefficient (Wildman–Crippen LogP) is 2.49. The van der Waals surface area contributed by atoms with Crippen LogP contribution in [-0.2, 0) is 17.9 Å². The summed E-state index contributed by atoms with van der Waals surface area (Å²) in [7, 11) is 2.16. The van der Waals surface area contributed by atoms with Gasteiger partial charge in [0, 0.05) is 63.5 Å². The van der Waals surface area contributed by atoms with Crippen LogP contribution in [0.15, 0.2) is 48.5 Å². The molecule has 2 aromatic rings. The van der Waals surface area contributed by atoms with Crippen LogP contribution in [-0.4, -0.2) is 61.4 Å². The number of benzene rings is 2. The van der Waals surface area contributed by atoms with Crippen molar-refractivity contribution in [1.29, 1.82) is 0 Å². The lowest BCUT2D eigenvalue weighted by Gasteiger charge is -2.34. The number of likely N-dealkylation sites (tertiary alicyclic amines) is 1. The molecule has 0 atom stereocenters. The molecule has 1 N–H and O–H groups in total. The molecule has 2 aliphatic rings. The second kappa shape index (κ2) is 9.30. The van der Waals surface area contributed by atoms with E-state index in [4.69, 9.17) is 0 Å². The van der Waals surface area contributed by atoms with Gasteiger partial charge in [0.2, 0.25) is 5.91 Å². The maximum absolute atomic E-state index is 12.5. The minimum atomic E-state index is -0.0815. The van der Waals surface area contributed by atoms with Crippen molar-refractivity contribution < 1.29 is 9.59 Å². The first-order chi connectivity index (χ1) is 14.6. The van der Waals surface area contributed by atoms with Gasteiger partial charge in [0.25, 0.3) is 5.91 Å². The fourth-order valence-electron chi connectivity index (χ4n) is 4.03. The number of nitrogens with zero attached hydrogens (tertiary/aromatic N) is 3. The molecule has 0 spiro atoms. The van der Waals surface area contributed by atoms with E-state index in [-0.39, 0.29) is 11.8 Å². The van der Waals surface area contributed by atoms with Crippen molar-refractivity contribution in [3.05, 3.63) is 65.2 Å². The Bertz CT molecular complexity index is 871. The summed E-state index contributed by atoms with van der Waals surface area (Å²) in [5.74, 6) is 0.136. The molecule has 2 aromatic carbocycles. The molecule has 2 heterocycles.